The Kier molecular flexibility index (Phi) is 3.69. The zero-order chi connectivity index (χ0) is 16.9. The molecule has 1 aromatic carbocycles. The summed E-state index contributed by atoms with van der Waals surface area (Å²) in [6.07, 6.45) is 1.33. The molecular weight excluding hydrogens is 346 g/mol. The van der Waals surface area contributed by atoms with Gasteiger partial charge in [0.05, 0.1) is 22.2 Å². The summed E-state index contributed by atoms with van der Waals surface area (Å²) in [6, 6.07) is 5.19. The molecule has 2 aromatic rings. The number of anilines is 1. The Labute approximate surface area is 147 Å². The van der Waals surface area contributed by atoms with Gasteiger partial charge in [0.2, 0.25) is 11.8 Å². The van der Waals surface area contributed by atoms with Gasteiger partial charge in [-0.25, -0.2) is 4.98 Å². The third kappa shape index (κ3) is 2.44. The van der Waals surface area contributed by atoms with Crippen molar-refractivity contribution in [1.82, 2.24) is 9.88 Å². The van der Waals surface area contributed by atoms with Gasteiger partial charge in [-0.15, -0.1) is 11.8 Å². The average Bonchev–Trinajstić information content (AvgIpc) is 3.19. The third-order valence-electron chi connectivity index (χ3n) is 4.57. The predicted octanol–water partition coefficient (Wildman–Crippen LogP) is 2.70. The highest BCUT2D eigenvalue weighted by Crippen LogP contribution is 2.47. The summed E-state index contributed by atoms with van der Waals surface area (Å²) in [6.45, 7) is 2.04. The molecule has 2 aliphatic rings. The molecule has 2 atom stereocenters. The SMILES string of the molecule is COc1ccc2nc(NC(=O)C3CSC4(C)CCC(=O)N34)sc2c1. The first-order chi connectivity index (χ1) is 11.5. The minimum Gasteiger partial charge on any atom is -0.497 e. The van der Waals surface area contributed by atoms with Gasteiger partial charge < -0.3 is 15.0 Å². The van der Waals surface area contributed by atoms with Crippen molar-refractivity contribution in [3.63, 3.8) is 0 Å². The molecule has 2 amide bonds. The number of nitrogens with one attached hydrogen (secondary N) is 1. The number of methoxy groups -OCH3 is 1. The number of aromatic nitrogens is 1. The van der Waals surface area contributed by atoms with Gasteiger partial charge >= 0.3 is 0 Å². The van der Waals surface area contributed by atoms with Gasteiger partial charge in [-0.05, 0) is 31.5 Å². The van der Waals surface area contributed by atoms with Crippen LogP contribution in [0.2, 0.25) is 0 Å². The van der Waals surface area contributed by atoms with E-state index in [9.17, 15) is 9.59 Å². The number of nitrogens with zero attached hydrogens (tertiary/aromatic N) is 2. The lowest BCUT2D eigenvalue weighted by Crippen LogP contribution is -2.48. The molecule has 6 nitrogen and oxygen atoms in total. The quantitative estimate of drug-likeness (QED) is 0.908. The molecule has 0 spiro atoms. The van der Waals surface area contributed by atoms with Crippen LogP contribution in [0, 0.1) is 0 Å². The van der Waals surface area contributed by atoms with Crippen molar-refractivity contribution in [3.8, 4) is 5.75 Å². The molecule has 2 saturated heterocycles. The van der Waals surface area contributed by atoms with Gasteiger partial charge in [-0.1, -0.05) is 11.3 Å². The number of fused-ring (bicyclic) bond motifs is 2. The monoisotopic (exact) mass is 363 g/mol. The van der Waals surface area contributed by atoms with Gasteiger partial charge in [0.25, 0.3) is 0 Å². The van der Waals surface area contributed by atoms with E-state index in [2.05, 4.69) is 10.3 Å². The van der Waals surface area contributed by atoms with Gasteiger partial charge in [-0.2, -0.15) is 0 Å². The van der Waals surface area contributed by atoms with E-state index in [0.29, 0.717) is 17.3 Å². The van der Waals surface area contributed by atoms with Crippen LogP contribution in [0.15, 0.2) is 18.2 Å². The van der Waals surface area contributed by atoms with Gasteiger partial charge in [0.15, 0.2) is 5.13 Å². The highest BCUT2D eigenvalue weighted by Gasteiger charge is 2.52. The molecule has 2 aliphatic heterocycles. The van der Waals surface area contributed by atoms with Crippen molar-refractivity contribution < 1.29 is 14.3 Å². The smallest absolute Gasteiger partial charge is 0.249 e. The Bertz CT molecular complexity index is 837. The molecule has 0 aliphatic carbocycles. The maximum atomic E-state index is 12.7. The molecule has 0 saturated carbocycles. The number of amides is 2. The molecule has 1 N–H and O–H groups in total. The Balaban J connectivity index is 1.55. The topological polar surface area (TPSA) is 71.5 Å². The van der Waals surface area contributed by atoms with Crippen LogP contribution < -0.4 is 10.1 Å². The van der Waals surface area contributed by atoms with E-state index < -0.39 is 6.04 Å². The zero-order valence-corrected chi connectivity index (χ0v) is 15.0. The number of hydrogen-bond donors (Lipinski definition) is 1. The van der Waals surface area contributed by atoms with Crippen molar-refractivity contribution >= 4 is 50.3 Å². The number of ether oxygens (including phenoxy) is 1. The maximum Gasteiger partial charge on any atom is 0.249 e. The third-order valence-corrected chi connectivity index (χ3v) is 7.01. The molecular formula is C16H17N3O3S2. The number of hydrogen-bond acceptors (Lipinski definition) is 6. The lowest BCUT2D eigenvalue weighted by molar-refractivity contribution is -0.135. The van der Waals surface area contributed by atoms with Crippen molar-refractivity contribution in [1.29, 1.82) is 0 Å². The van der Waals surface area contributed by atoms with Gasteiger partial charge in [-0.3, -0.25) is 9.59 Å². The molecule has 0 bridgehead atoms. The van der Waals surface area contributed by atoms with Crippen LogP contribution in [0.5, 0.6) is 5.75 Å². The number of thioether (sulfide) groups is 1. The van der Waals surface area contributed by atoms with Crippen LogP contribution in [0.1, 0.15) is 19.8 Å². The lowest BCUT2D eigenvalue weighted by atomic mass is 10.2. The fourth-order valence-electron chi connectivity index (χ4n) is 3.29. The zero-order valence-electron chi connectivity index (χ0n) is 13.4. The fourth-order valence-corrected chi connectivity index (χ4v) is 5.62. The minimum atomic E-state index is -0.420. The summed E-state index contributed by atoms with van der Waals surface area (Å²) in [5.41, 5.74) is 0.819. The summed E-state index contributed by atoms with van der Waals surface area (Å²) < 4.78 is 6.16. The summed E-state index contributed by atoms with van der Waals surface area (Å²) in [4.78, 5) is 30.8. The van der Waals surface area contributed by atoms with Crippen molar-refractivity contribution in [3.05, 3.63) is 18.2 Å². The molecule has 2 fully saturated rings. The van der Waals surface area contributed by atoms with Crippen LogP contribution >= 0.6 is 23.1 Å². The second kappa shape index (κ2) is 5.63. The number of carbonyl (C=O) groups excluding carboxylic acids is 2. The number of rotatable bonds is 3. The van der Waals surface area contributed by atoms with Gasteiger partial charge in [0.1, 0.15) is 11.8 Å². The first-order valence-corrected chi connectivity index (χ1v) is 9.52. The molecule has 1 aromatic heterocycles. The Hall–Kier alpha value is -1.80. The van der Waals surface area contributed by atoms with Crippen LogP contribution in [0.4, 0.5) is 5.13 Å². The Morgan fingerprint density at radius 2 is 2.33 bits per heavy atom. The molecule has 126 valence electrons. The van der Waals surface area contributed by atoms with E-state index in [-0.39, 0.29) is 16.7 Å². The standard InChI is InChI=1S/C16H17N3O3S2/c1-16-6-5-13(20)19(16)11(8-23-16)14(21)18-15-17-10-4-3-9(22-2)7-12(10)24-15/h3-4,7,11H,5-6,8H2,1-2H3,(H,17,18,21). The summed E-state index contributed by atoms with van der Waals surface area (Å²) in [5, 5.41) is 3.43. The second-order valence-corrected chi connectivity index (χ2v) is 8.64. The molecule has 3 heterocycles. The largest absolute Gasteiger partial charge is 0.497 e. The van der Waals surface area contributed by atoms with Crippen LogP contribution in [-0.2, 0) is 9.59 Å². The summed E-state index contributed by atoms with van der Waals surface area (Å²) >= 11 is 3.09. The van der Waals surface area contributed by atoms with Crippen molar-refractivity contribution in [2.45, 2.75) is 30.7 Å². The van der Waals surface area contributed by atoms with Gasteiger partial charge in [0, 0.05) is 12.2 Å². The second-order valence-electron chi connectivity index (χ2n) is 6.11. The first-order valence-electron chi connectivity index (χ1n) is 7.72. The summed E-state index contributed by atoms with van der Waals surface area (Å²) in [5.74, 6) is 1.30. The van der Waals surface area contributed by atoms with E-state index >= 15 is 0 Å². The van der Waals surface area contributed by atoms with E-state index in [1.165, 1.54) is 11.3 Å². The molecule has 8 heteroatoms. The van der Waals surface area contributed by atoms with Crippen LogP contribution in [-0.4, -0.2) is 45.5 Å². The highest BCUT2D eigenvalue weighted by atomic mass is 32.2. The number of carbonyl (C=O) groups is 2. The van der Waals surface area contributed by atoms with Crippen molar-refractivity contribution in [2.75, 3.05) is 18.2 Å². The first kappa shape index (κ1) is 15.7. The van der Waals surface area contributed by atoms with Crippen molar-refractivity contribution in [2.24, 2.45) is 0 Å². The number of thiazole rings is 1. The molecule has 4 rings (SSSR count). The Morgan fingerprint density at radius 1 is 1.50 bits per heavy atom. The minimum absolute atomic E-state index is 0.0664. The molecule has 24 heavy (non-hydrogen) atoms. The van der Waals surface area contributed by atoms with Crippen LogP contribution in [0.3, 0.4) is 0 Å². The number of benzene rings is 1. The van der Waals surface area contributed by atoms with Crippen LogP contribution in [0.25, 0.3) is 10.2 Å². The van der Waals surface area contributed by atoms with E-state index in [1.807, 2.05) is 25.1 Å². The molecule has 2 unspecified atom stereocenters. The lowest BCUT2D eigenvalue weighted by Gasteiger charge is -2.29. The maximum absolute atomic E-state index is 12.7. The van der Waals surface area contributed by atoms with E-state index in [0.717, 1.165) is 22.4 Å². The average molecular weight is 363 g/mol. The Morgan fingerprint density at radius 3 is 3.12 bits per heavy atom. The molecule has 0 radical (unpaired) electrons. The fraction of sp³-hybridized carbons (Fsp3) is 0.438. The summed E-state index contributed by atoms with van der Waals surface area (Å²) in [7, 11) is 1.62. The highest BCUT2D eigenvalue weighted by molar-refractivity contribution is 8.01. The predicted molar refractivity (Wildman–Crippen MR) is 95.5 cm³/mol. The van der Waals surface area contributed by atoms with E-state index in [4.69, 9.17) is 4.74 Å². The normalized spacial score (nSPS) is 26.0. The van der Waals surface area contributed by atoms with E-state index in [1.54, 1.807) is 23.8 Å².